The molecule has 2 N–H and O–H groups in total. The minimum atomic E-state index is 0.103. The van der Waals surface area contributed by atoms with E-state index in [9.17, 15) is 0 Å². The van der Waals surface area contributed by atoms with Crippen LogP contribution in [0.1, 0.15) is 22.7 Å². The number of anilines is 1. The van der Waals surface area contributed by atoms with Gasteiger partial charge in [-0.2, -0.15) is 0 Å². The summed E-state index contributed by atoms with van der Waals surface area (Å²) in [6.07, 6.45) is 0. The van der Waals surface area contributed by atoms with Crippen LogP contribution in [0.4, 0.5) is 5.69 Å². The van der Waals surface area contributed by atoms with Crippen molar-refractivity contribution in [3.8, 4) is 0 Å². The summed E-state index contributed by atoms with van der Waals surface area (Å²) >= 11 is 11.9. The SMILES string of the molecule is Cc1cc(C)c(NC(=S)N[C@@H](CN(C)C)c2ccccc2)c(Cl)c1. The van der Waals surface area contributed by atoms with Crippen molar-refractivity contribution >= 4 is 34.6 Å². The van der Waals surface area contributed by atoms with E-state index in [1.165, 1.54) is 5.56 Å². The fourth-order valence-electron chi connectivity index (χ4n) is 2.67. The van der Waals surface area contributed by atoms with Gasteiger partial charge >= 0.3 is 0 Å². The van der Waals surface area contributed by atoms with E-state index in [2.05, 4.69) is 47.8 Å². The molecule has 0 amide bonds. The molecule has 0 unspecified atom stereocenters. The molecule has 3 nitrogen and oxygen atoms in total. The lowest BCUT2D eigenvalue weighted by Crippen LogP contribution is -2.37. The summed E-state index contributed by atoms with van der Waals surface area (Å²) in [6.45, 7) is 4.90. The Morgan fingerprint density at radius 3 is 2.42 bits per heavy atom. The number of halogens is 1. The van der Waals surface area contributed by atoms with E-state index in [4.69, 9.17) is 23.8 Å². The minimum Gasteiger partial charge on any atom is -0.354 e. The first-order chi connectivity index (χ1) is 11.4. The summed E-state index contributed by atoms with van der Waals surface area (Å²) < 4.78 is 0. The number of aryl methyl sites for hydroxylation is 2. The molecule has 0 aliphatic rings. The molecular weight excluding hydrogens is 338 g/mol. The van der Waals surface area contributed by atoms with E-state index in [1.54, 1.807) is 0 Å². The Morgan fingerprint density at radius 2 is 1.83 bits per heavy atom. The average Bonchev–Trinajstić information content (AvgIpc) is 2.50. The lowest BCUT2D eigenvalue weighted by Gasteiger charge is -2.25. The zero-order valence-electron chi connectivity index (χ0n) is 14.6. The van der Waals surface area contributed by atoms with E-state index in [0.717, 1.165) is 23.4 Å². The zero-order chi connectivity index (χ0) is 17.7. The van der Waals surface area contributed by atoms with Crippen LogP contribution in [0.2, 0.25) is 5.02 Å². The highest BCUT2D eigenvalue weighted by Crippen LogP contribution is 2.27. The first kappa shape index (κ1) is 18.7. The Hall–Kier alpha value is -1.62. The average molecular weight is 362 g/mol. The van der Waals surface area contributed by atoms with Crippen molar-refractivity contribution in [3.05, 3.63) is 64.2 Å². The maximum Gasteiger partial charge on any atom is 0.171 e. The fraction of sp³-hybridized carbons (Fsp3) is 0.316. The minimum absolute atomic E-state index is 0.103. The van der Waals surface area contributed by atoms with Gasteiger partial charge in [-0.3, -0.25) is 0 Å². The number of hydrogen-bond donors (Lipinski definition) is 2. The normalized spacial score (nSPS) is 12.1. The number of rotatable bonds is 5. The molecule has 0 bridgehead atoms. The summed E-state index contributed by atoms with van der Waals surface area (Å²) in [5, 5.41) is 7.90. The van der Waals surface area contributed by atoms with Gasteiger partial charge in [-0.15, -0.1) is 0 Å². The second kappa shape index (κ2) is 8.47. The molecular formula is C19H24ClN3S. The fourth-order valence-corrected chi connectivity index (χ4v) is 3.28. The Kier molecular flexibility index (Phi) is 6.60. The number of hydrogen-bond acceptors (Lipinski definition) is 2. The maximum absolute atomic E-state index is 6.36. The smallest absolute Gasteiger partial charge is 0.171 e. The number of nitrogens with one attached hydrogen (secondary N) is 2. The monoisotopic (exact) mass is 361 g/mol. The molecule has 0 aliphatic heterocycles. The van der Waals surface area contributed by atoms with Gasteiger partial charge in [0.05, 0.1) is 16.8 Å². The van der Waals surface area contributed by atoms with Crippen molar-refractivity contribution in [2.75, 3.05) is 26.0 Å². The van der Waals surface area contributed by atoms with E-state index in [-0.39, 0.29) is 6.04 Å². The van der Waals surface area contributed by atoms with Gasteiger partial charge < -0.3 is 15.5 Å². The molecule has 0 saturated heterocycles. The number of likely N-dealkylation sites (N-methyl/N-ethyl adjacent to an activating group) is 1. The molecule has 2 aromatic rings. The van der Waals surface area contributed by atoms with Crippen LogP contribution in [0.5, 0.6) is 0 Å². The summed E-state index contributed by atoms with van der Waals surface area (Å²) in [7, 11) is 4.10. The van der Waals surface area contributed by atoms with Crippen LogP contribution in [-0.4, -0.2) is 30.7 Å². The molecule has 0 fully saturated rings. The highest BCUT2D eigenvalue weighted by molar-refractivity contribution is 7.80. The van der Waals surface area contributed by atoms with Crippen LogP contribution in [-0.2, 0) is 0 Å². The van der Waals surface area contributed by atoms with Gasteiger partial charge in [0.25, 0.3) is 0 Å². The first-order valence-electron chi connectivity index (χ1n) is 7.90. The standard InChI is InChI=1S/C19H24ClN3S/c1-13-10-14(2)18(16(20)11-13)22-19(24)21-17(12-23(3)4)15-8-6-5-7-9-15/h5-11,17H,12H2,1-4H3,(H2,21,22,24)/t17-/m0/s1. The zero-order valence-corrected chi connectivity index (χ0v) is 16.1. The highest BCUT2D eigenvalue weighted by Gasteiger charge is 2.15. The molecule has 1 atom stereocenters. The molecule has 24 heavy (non-hydrogen) atoms. The van der Waals surface area contributed by atoms with Crippen LogP contribution < -0.4 is 10.6 Å². The lowest BCUT2D eigenvalue weighted by atomic mass is 10.1. The molecule has 2 aromatic carbocycles. The van der Waals surface area contributed by atoms with Crippen LogP contribution in [0.25, 0.3) is 0 Å². The van der Waals surface area contributed by atoms with E-state index < -0.39 is 0 Å². The van der Waals surface area contributed by atoms with Crippen molar-refractivity contribution in [2.45, 2.75) is 19.9 Å². The molecule has 0 heterocycles. The highest BCUT2D eigenvalue weighted by atomic mass is 35.5. The Balaban J connectivity index is 2.14. The number of thiocarbonyl (C=S) groups is 1. The van der Waals surface area contributed by atoms with Crippen molar-refractivity contribution in [3.63, 3.8) is 0 Å². The first-order valence-corrected chi connectivity index (χ1v) is 8.69. The number of benzene rings is 2. The summed E-state index contributed by atoms with van der Waals surface area (Å²) in [6, 6.07) is 14.4. The largest absolute Gasteiger partial charge is 0.354 e. The van der Waals surface area contributed by atoms with Crippen LogP contribution in [0.15, 0.2) is 42.5 Å². The molecule has 0 spiro atoms. The quantitative estimate of drug-likeness (QED) is 0.764. The topological polar surface area (TPSA) is 27.3 Å². The lowest BCUT2D eigenvalue weighted by molar-refractivity contribution is 0.363. The molecule has 128 valence electrons. The van der Waals surface area contributed by atoms with Crippen molar-refractivity contribution in [1.29, 1.82) is 0 Å². The van der Waals surface area contributed by atoms with Gasteiger partial charge in [-0.05, 0) is 62.9 Å². The third kappa shape index (κ3) is 5.20. The molecule has 5 heteroatoms. The summed E-state index contributed by atoms with van der Waals surface area (Å²) in [4.78, 5) is 2.14. The predicted octanol–water partition coefficient (Wildman–Crippen LogP) is 4.55. The molecule has 0 aromatic heterocycles. The summed E-state index contributed by atoms with van der Waals surface area (Å²) in [5.41, 5.74) is 4.27. The van der Waals surface area contributed by atoms with E-state index >= 15 is 0 Å². The van der Waals surface area contributed by atoms with Gasteiger partial charge in [0.15, 0.2) is 5.11 Å². The van der Waals surface area contributed by atoms with Gasteiger partial charge in [0, 0.05) is 6.54 Å². The molecule has 0 aliphatic carbocycles. The van der Waals surface area contributed by atoms with Gasteiger partial charge in [0.2, 0.25) is 0 Å². The van der Waals surface area contributed by atoms with E-state index in [0.29, 0.717) is 10.1 Å². The van der Waals surface area contributed by atoms with Crippen molar-refractivity contribution < 1.29 is 0 Å². The molecule has 0 saturated carbocycles. The van der Waals surface area contributed by atoms with E-state index in [1.807, 2.05) is 38.1 Å². The van der Waals surface area contributed by atoms with Gasteiger partial charge in [-0.25, -0.2) is 0 Å². The Morgan fingerprint density at radius 1 is 1.17 bits per heavy atom. The van der Waals surface area contributed by atoms with Gasteiger partial charge in [-0.1, -0.05) is 48.0 Å². The Bertz CT molecular complexity index is 678. The Labute approximate surface area is 155 Å². The molecule has 0 radical (unpaired) electrons. The van der Waals surface area contributed by atoms with Crippen molar-refractivity contribution in [2.24, 2.45) is 0 Å². The van der Waals surface area contributed by atoms with Gasteiger partial charge in [0.1, 0.15) is 0 Å². The van der Waals surface area contributed by atoms with Crippen molar-refractivity contribution in [1.82, 2.24) is 10.2 Å². The second-order valence-electron chi connectivity index (χ2n) is 6.26. The number of nitrogens with zero attached hydrogens (tertiary/aromatic N) is 1. The second-order valence-corrected chi connectivity index (χ2v) is 7.08. The third-order valence-electron chi connectivity index (χ3n) is 3.73. The summed E-state index contributed by atoms with van der Waals surface area (Å²) in [5.74, 6) is 0. The molecule has 2 rings (SSSR count). The maximum atomic E-state index is 6.36. The van der Waals surface area contributed by atoms with Crippen LogP contribution >= 0.6 is 23.8 Å². The van der Waals surface area contributed by atoms with Crippen LogP contribution in [0.3, 0.4) is 0 Å². The predicted molar refractivity (Wildman–Crippen MR) is 108 cm³/mol. The third-order valence-corrected chi connectivity index (χ3v) is 4.24. The van der Waals surface area contributed by atoms with Crippen LogP contribution in [0, 0.1) is 13.8 Å².